The van der Waals surface area contributed by atoms with Crippen molar-refractivity contribution in [1.82, 2.24) is 0 Å². The summed E-state index contributed by atoms with van der Waals surface area (Å²) >= 11 is 3.36. The minimum absolute atomic E-state index is 0.0651. The van der Waals surface area contributed by atoms with Crippen LogP contribution in [0.4, 0.5) is 5.69 Å². The van der Waals surface area contributed by atoms with Gasteiger partial charge in [0.25, 0.3) is 0 Å². The highest BCUT2D eigenvalue weighted by Crippen LogP contribution is 2.51. The normalized spacial score (nSPS) is 20.2. The molecule has 1 aliphatic carbocycles. The fraction of sp³-hybridized carbons (Fsp3) is 0.241. The van der Waals surface area contributed by atoms with Crippen molar-refractivity contribution in [3.8, 4) is 6.07 Å². The summed E-state index contributed by atoms with van der Waals surface area (Å²) in [5, 5.41) is 10.4. The molecule has 1 aliphatic heterocycles. The first-order chi connectivity index (χ1) is 16.9. The number of hydrogen-bond donors (Lipinski definition) is 1. The lowest BCUT2D eigenvalue weighted by Crippen LogP contribution is -2.40. The molecule has 176 valence electrons. The molecule has 0 saturated carbocycles. The number of ketones is 1. The summed E-state index contributed by atoms with van der Waals surface area (Å²) in [5.41, 5.74) is 13.0. The second kappa shape index (κ2) is 9.41. The number of nitrogens with zero attached hydrogens (tertiary/aromatic N) is 2. The molecule has 0 saturated heterocycles. The monoisotopic (exact) mass is 497 g/mol. The average Bonchev–Trinajstić information content (AvgIpc) is 3.24. The molecule has 5 rings (SSSR count). The van der Waals surface area contributed by atoms with Gasteiger partial charge in [-0.05, 0) is 61.3 Å². The minimum atomic E-state index is -0.438. The van der Waals surface area contributed by atoms with Crippen molar-refractivity contribution in [1.29, 1.82) is 5.26 Å². The van der Waals surface area contributed by atoms with Crippen molar-refractivity contribution in [3.63, 3.8) is 0 Å². The Kier molecular flexibility index (Phi) is 6.31. The Morgan fingerprint density at radius 1 is 1.09 bits per heavy atom. The number of benzene rings is 2. The van der Waals surface area contributed by atoms with E-state index >= 15 is 0 Å². The molecule has 0 fully saturated rings. The Morgan fingerprint density at radius 3 is 2.49 bits per heavy atom. The lowest BCUT2D eigenvalue weighted by atomic mass is 9.72. The van der Waals surface area contributed by atoms with Crippen molar-refractivity contribution < 1.29 is 4.79 Å². The molecule has 3 aromatic rings. The zero-order valence-electron chi connectivity index (χ0n) is 20.0. The number of Topliss-reactive ketones (excluding diaryl/α,β-unsaturated/α-hetero) is 1. The molecule has 2 N–H and O–H groups in total. The van der Waals surface area contributed by atoms with Crippen LogP contribution in [0.2, 0.25) is 0 Å². The van der Waals surface area contributed by atoms with Crippen LogP contribution in [0, 0.1) is 25.2 Å². The Balaban J connectivity index is 1.77. The maximum atomic E-state index is 14.0. The quantitative estimate of drug-likeness (QED) is 0.402. The van der Waals surface area contributed by atoms with E-state index in [4.69, 9.17) is 5.73 Å². The van der Waals surface area contributed by atoms with E-state index in [1.165, 1.54) is 0 Å². The number of para-hydroxylation sites is 1. The Bertz CT molecular complexity index is 1410. The van der Waals surface area contributed by atoms with Crippen molar-refractivity contribution >= 4 is 34.6 Å². The third-order valence-corrected chi connectivity index (χ3v) is 9.16. The van der Waals surface area contributed by atoms with Crippen LogP contribution in [0.15, 0.2) is 87.5 Å². The maximum absolute atomic E-state index is 14.0. The predicted molar refractivity (Wildman–Crippen MR) is 145 cm³/mol. The zero-order valence-corrected chi connectivity index (χ0v) is 21.7. The molecule has 0 bridgehead atoms. The number of hydrogen-bond acceptors (Lipinski definition) is 6. The highest BCUT2D eigenvalue weighted by atomic mass is 32.2. The number of nitriles is 1. The molecule has 6 heteroatoms. The molecule has 35 heavy (non-hydrogen) atoms. The molecule has 2 atom stereocenters. The molecule has 0 unspecified atom stereocenters. The second-order valence-corrected chi connectivity index (χ2v) is 11.4. The van der Waals surface area contributed by atoms with Gasteiger partial charge in [0.05, 0.1) is 27.5 Å². The summed E-state index contributed by atoms with van der Waals surface area (Å²) < 4.78 is 1.13. The van der Waals surface area contributed by atoms with Gasteiger partial charge in [-0.3, -0.25) is 9.69 Å². The molecular weight excluding hydrogens is 470 g/mol. The van der Waals surface area contributed by atoms with Gasteiger partial charge in [-0.25, -0.2) is 0 Å². The Labute approximate surface area is 214 Å². The Morgan fingerprint density at radius 2 is 1.80 bits per heavy atom. The summed E-state index contributed by atoms with van der Waals surface area (Å²) in [6.45, 7) is 4.10. The minimum Gasteiger partial charge on any atom is -0.384 e. The summed E-state index contributed by atoms with van der Waals surface area (Å²) in [5.74, 6) is 0.144. The lowest BCUT2D eigenvalue weighted by molar-refractivity contribution is -0.116. The number of carbonyl (C=O) groups is 1. The molecule has 0 amide bonds. The van der Waals surface area contributed by atoms with E-state index in [9.17, 15) is 10.1 Å². The van der Waals surface area contributed by atoms with Gasteiger partial charge in [-0.15, -0.1) is 23.1 Å². The van der Waals surface area contributed by atoms with E-state index in [0.29, 0.717) is 24.2 Å². The Hall–Kier alpha value is -3.27. The van der Waals surface area contributed by atoms with E-state index in [1.54, 1.807) is 23.1 Å². The van der Waals surface area contributed by atoms with Crippen LogP contribution in [0.5, 0.6) is 0 Å². The summed E-state index contributed by atoms with van der Waals surface area (Å²) in [7, 11) is 0. The van der Waals surface area contributed by atoms with E-state index < -0.39 is 5.92 Å². The van der Waals surface area contributed by atoms with Gasteiger partial charge >= 0.3 is 0 Å². The summed E-state index contributed by atoms with van der Waals surface area (Å²) in [4.78, 5) is 17.1. The fourth-order valence-corrected chi connectivity index (χ4v) is 7.28. The fourth-order valence-electron chi connectivity index (χ4n) is 5.36. The molecular formula is C29H27N3OS2. The standard InChI is InChI=1S/C29H27N3OS2/c1-17-9-7-8-12-23(17)32-24-14-20(19-10-5-4-6-11-19)15-25(33)27(24)26(22(16-30)28(32)31)21-13-18(2)35-29(21)34-3/h4-13,20,26H,14-15,31H2,1-3H3/t20-,26+/m1/s1. The number of aryl methyl sites for hydroxylation is 2. The summed E-state index contributed by atoms with van der Waals surface area (Å²) in [6, 6.07) is 22.8. The third kappa shape index (κ3) is 3.99. The van der Waals surface area contributed by atoms with Crippen LogP contribution in [0.3, 0.4) is 0 Å². The maximum Gasteiger partial charge on any atom is 0.162 e. The van der Waals surface area contributed by atoms with Crippen LogP contribution < -0.4 is 10.6 Å². The number of thiophene rings is 1. The topological polar surface area (TPSA) is 70.1 Å². The van der Waals surface area contributed by atoms with E-state index in [0.717, 1.165) is 42.7 Å². The first kappa shape index (κ1) is 23.5. The van der Waals surface area contributed by atoms with Gasteiger partial charge in [-0.2, -0.15) is 5.26 Å². The largest absolute Gasteiger partial charge is 0.384 e. The second-order valence-electron chi connectivity index (χ2n) is 9.07. The van der Waals surface area contributed by atoms with Crippen molar-refractivity contribution in [3.05, 3.63) is 105 Å². The van der Waals surface area contributed by atoms with Gasteiger partial charge in [-0.1, -0.05) is 48.5 Å². The first-order valence-corrected chi connectivity index (χ1v) is 13.7. The number of nitrogens with two attached hydrogens (primary N) is 1. The van der Waals surface area contributed by atoms with Gasteiger partial charge < -0.3 is 5.73 Å². The van der Waals surface area contributed by atoms with E-state index in [2.05, 4.69) is 31.2 Å². The van der Waals surface area contributed by atoms with Gasteiger partial charge in [0.15, 0.2) is 5.78 Å². The van der Waals surface area contributed by atoms with Crippen LogP contribution in [0.1, 0.15) is 46.2 Å². The predicted octanol–water partition coefficient (Wildman–Crippen LogP) is 6.79. The number of anilines is 1. The average molecular weight is 498 g/mol. The molecule has 4 nitrogen and oxygen atoms in total. The number of rotatable bonds is 4. The number of thioether (sulfide) groups is 1. The SMILES string of the molecule is CSc1sc(C)cc1[C@H]1C(C#N)=C(N)N(c2ccccc2C)C2=C1C(=O)C[C@H](c1ccccc1)C2. The highest BCUT2D eigenvalue weighted by molar-refractivity contribution is 8.00. The van der Waals surface area contributed by atoms with Crippen molar-refractivity contribution in [2.24, 2.45) is 5.73 Å². The zero-order chi connectivity index (χ0) is 24.7. The summed E-state index contributed by atoms with van der Waals surface area (Å²) in [6.07, 6.45) is 3.16. The highest BCUT2D eigenvalue weighted by Gasteiger charge is 2.44. The van der Waals surface area contributed by atoms with Crippen molar-refractivity contribution in [2.75, 3.05) is 11.2 Å². The van der Waals surface area contributed by atoms with Crippen LogP contribution >= 0.6 is 23.1 Å². The van der Waals surface area contributed by atoms with Crippen LogP contribution in [-0.2, 0) is 4.79 Å². The smallest absolute Gasteiger partial charge is 0.162 e. The third-order valence-electron chi connectivity index (χ3n) is 6.94. The number of allylic oxidation sites excluding steroid dienone is 3. The molecule has 0 spiro atoms. The lowest BCUT2D eigenvalue weighted by Gasteiger charge is -2.42. The van der Waals surface area contributed by atoms with Crippen LogP contribution in [0.25, 0.3) is 0 Å². The van der Waals surface area contributed by atoms with Crippen molar-refractivity contribution in [2.45, 2.75) is 42.7 Å². The van der Waals surface area contributed by atoms with E-state index in [-0.39, 0.29) is 11.7 Å². The molecule has 2 aliphatic rings. The van der Waals surface area contributed by atoms with Crippen LogP contribution in [-0.4, -0.2) is 12.0 Å². The first-order valence-electron chi connectivity index (χ1n) is 11.7. The molecule has 1 aromatic heterocycles. The number of carbonyl (C=O) groups excluding carboxylic acids is 1. The molecule has 0 radical (unpaired) electrons. The van der Waals surface area contributed by atoms with Gasteiger partial charge in [0.2, 0.25) is 0 Å². The van der Waals surface area contributed by atoms with E-state index in [1.807, 2.05) is 60.5 Å². The van der Waals surface area contributed by atoms with Gasteiger partial charge in [0, 0.05) is 22.6 Å². The molecule has 2 heterocycles. The molecule has 2 aromatic carbocycles. The van der Waals surface area contributed by atoms with Gasteiger partial charge in [0.1, 0.15) is 5.82 Å².